The number of benzene rings is 1. The molecule has 1 unspecified atom stereocenters. The van der Waals surface area contributed by atoms with E-state index in [1.165, 1.54) is 0 Å². The maximum absolute atomic E-state index is 11.5. The van der Waals surface area contributed by atoms with Crippen molar-refractivity contribution >= 4 is 5.97 Å². The molecule has 134 valence electrons. The summed E-state index contributed by atoms with van der Waals surface area (Å²) in [4.78, 5) is 13.5. The molecule has 1 saturated heterocycles. The number of likely N-dealkylation sites (tertiary alicyclic amines) is 1. The van der Waals surface area contributed by atoms with Crippen molar-refractivity contribution in [1.29, 1.82) is 0 Å². The van der Waals surface area contributed by atoms with Gasteiger partial charge in [-0.1, -0.05) is 27.2 Å². The molecule has 1 fully saturated rings. The highest BCUT2D eigenvalue weighted by Crippen LogP contribution is 2.37. The van der Waals surface area contributed by atoms with Gasteiger partial charge < -0.3 is 14.6 Å². The molecule has 0 radical (unpaired) electrons. The molecule has 24 heavy (non-hydrogen) atoms. The van der Waals surface area contributed by atoms with Crippen molar-refractivity contribution in [2.24, 2.45) is 0 Å². The Morgan fingerprint density at radius 2 is 1.88 bits per heavy atom. The molecule has 1 aromatic carbocycles. The summed E-state index contributed by atoms with van der Waals surface area (Å²) in [6.45, 7) is 7.75. The lowest BCUT2D eigenvalue weighted by Gasteiger charge is -2.33. The number of hydrogen-bond acceptors (Lipinski definition) is 4. The van der Waals surface area contributed by atoms with Crippen molar-refractivity contribution < 1.29 is 19.4 Å². The highest BCUT2D eigenvalue weighted by Gasteiger charge is 2.30. The number of carbonyl (C=O) groups is 1. The second-order valence-corrected chi connectivity index (χ2v) is 7.43. The molecule has 5 heteroatoms. The average molecular weight is 335 g/mol. The minimum absolute atomic E-state index is 0.0636. The molecule has 1 aliphatic heterocycles. The largest absolute Gasteiger partial charge is 0.496 e. The first-order chi connectivity index (χ1) is 11.3. The van der Waals surface area contributed by atoms with Crippen LogP contribution in [0.15, 0.2) is 12.1 Å². The zero-order valence-electron chi connectivity index (χ0n) is 15.4. The maximum Gasteiger partial charge on any atom is 0.320 e. The average Bonchev–Trinajstić information content (AvgIpc) is 2.53. The zero-order valence-corrected chi connectivity index (χ0v) is 15.4. The summed E-state index contributed by atoms with van der Waals surface area (Å²) < 4.78 is 11.2. The van der Waals surface area contributed by atoms with Crippen molar-refractivity contribution in [3.05, 3.63) is 23.3 Å². The second-order valence-electron chi connectivity index (χ2n) is 7.43. The summed E-state index contributed by atoms with van der Waals surface area (Å²) >= 11 is 0. The Morgan fingerprint density at radius 3 is 2.42 bits per heavy atom. The number of nitrogens with zero attached hydrogens (tertiary/aromatic N) is 1. The highest BCUT2D eigenvalue weighted by molar-refractivity contribution is 5.73. The van der Waals surface area contributed by atoms with E-state index in [4.69, 9.17) is 9.47 Å². The Bertz CT molecular complexity index is 592. The predicted molar refractivity (Wildman–Crippen MR) is 93.9 cm³/mol. The number of methoxy groups -OCH3 is 2. The van der Waals surface area contributed by atoms with E-state index in [9.17, 15) is 9.90 Å². The Balaban J connectivity index is 2.37. The molecule has 1 heterocycles. The van der Waals surface area contributed by atoms with Gasteiger partial charge in [0, 0.05) is 17.7 Å². The van der Waals surface area contributed by atoms with Crippen LogP contribution in [0.3, 0.4) is 0 Å². The van der Waals surface area contributed by atoms with Gasteiger partial charge in [0.25, 0.3) is 0 Å². The number of rotatable bonds is 5. The lowest BCUT2D eigenvalue weighted by Crippen LogP contribution is -2.44. The minimum atomic E-state index is -0.744. The van der Waals surface area contributed by atoms with Crippen LogP contribution in [0.2, 0.25) is 0 Å². The number of carboxylic acid groups (broad SMARTS) is 1. The zero-order chi connectivity index (χ0) is 17.9. The molecule has 1 aromatic rings. The van der Waals surface area contributed by atoms with E-state index in [-0.39, 0.29) is 5.41 Å². The molecule has 0 saturated carbocycles. The summed E-state index contributed by atoms with van der Waals surface area (Å²) in [5, 5.41) is 9.47. The van der Waals surface area contributed by atoms with Crippen LogP contribution < -0.4 is 9.47 Å². The molecule has 2 rings (SSSR count). The summed E-state index contributed by atoms with van der Waals surface area (Å²) in [7, 11) is 3.32. The normalized spacial score (nSPS) is 19.1. The lowest BCUT2D eigenvalue weighted by molar-refractivity contribution is -0.144. The fourth-order valence-electron chi connectivity index (χ4n) is 3.35. The van der Waals surface area contributed by atoms with Crippen LogP contribution in [-0.4, -0.2) is 42.8 Å². The number of aliphatic carboxylic acids is 1. The van der Waals surface area contributed by atoms with E-state index >= 15 is 0 Å². The number of piperidine rings is 1. The van der Waals surface area contributed by atoms with Gasteiger partial charge in [-0.25, -0.2) is 0 Å². The number of carboxylic acids is 1. The molecule has 1 N–H and O–H groups in total. The van der Waals surface area contributed by atoms with Crippen molar-refractivity contribution in [3.8, 4) is 11.5 Å². The van der Waals surface area contributed by atoms with Gasteiger partial charge >= 0.3 is 5.97 Å². The fraction of sp³-hybridized carbons (Fsp3) is 0.632. The van der Waals surface area contributed by atoms with Gasteiger partial charge in [-0.3, -0.25) is 9.69 Å². The SMILES string of the molecule is COc1cc(C(C)(C)C)c(OC)cc1CN1CCCCC1C(=O)O. The highest BCUT2D eigenvalue weighted by atomic mass is 16.5. The number of hydrogen-bond donors (Lipinski definition) is 1. The number of ether oxygens (including phenoxy) is 2. The van der Waals surface area contributed by atoms with Crippen LogP contribution in [0.5, 0.6) is 11.5 Å². The predicted octanol–water partition coefficient (Wildman–Crippen LogP) is 3.44. The molecule has 0 aromatic heterocycles. The van der Waals surface area contributed by atoms with E-state index in [0.29, 0.717) is 13.0 Å². The van der Waals surface area contributed by atoms with Crippen LogP contribution in [0.25, 0.3) is 0 Å². The molecule has 5 nitrogen and oxygen atoms in total. The van der Waals surface area contributed by atoms with E-state index < -0.39 is 12.0 Å². The Morgan fingerprint density at radius 1 is 1.21 bits per heavy atom. The maximum atomic E-state index is 11.5. The third-order valence-corrected chi connectivity index (χ3v) is 4.68. The topological polar surface area (TPSA) is 59.0 Å². The van der Waals surface area contributed by atoms with Crippen molar-refractivity contribution in [3.63, 3.8) is 0 Å². The van der Waals surface area contributed by atoms with Gasteiger partial charge in [-0.2, -0.15) is 0 Å². The van der Waals surface area contributed by atoms with Crippen molar-refractivity contribution in [1.82, 2.24) is 4.90 Å². The molecule has 0 bridgehead atoms. The Labute approximate surface area is 144 Å². The summed E-state index contributed by atoms with van der Waals surface area (Å²) in [5.74, 6) is 0.865. The van der Waals surface area contributed by atoms with Gasteiger partial charge in [-0.15, -0.1) is 0 Å². The smallest absolute Gasteiger partial charge is 0.320 e. The summed E-state index contributed by atoms with van der Waals surface area (Å²) in [6.07, 6.45) is 2.70. The van der Waals surface area contributed by atoms with Crippen molar-refractivity contribution in [2.45, 2.75) is 58.0 Å². The van der Waals surface area contributed by atoms with E-state index in [0.717, 1.165) is 42.0 Å². The standard InChI is InChI=1S/C19H29NO4/c1-19(2,3)14-11-16(23-4)13(10-17(14)24-5)12-20-9-7-6-8-15(20)18(21)22/h10-11,15H,6-9,12H2,1-5H3,(H,21,22). The first-order valence-corrected chi connectivity index (χ1v) is 8.50. The first-order valence-electron chi connectivity index (χ1n) is 8.50. The van der Waals surface area contributed by atoms with Crippen LogP contribution >= 0.6 is 0 Å². The molecule has 0 spiro atoms. The molecule has 0 amide bonds. The second kappa shape index (κ2) is 7.43. The van der Waals surface area contributed by atoms with Crippen molar-refractivity contribution in [2.75, 3.05) is 20.8 Å². The molecule has 1 aliphatic rings. The van der Waals surface area contributed by atoms with Crippen LogP contribution in [0, 0.1) is 0 Å². The van der Waals surface area contributed by atoms with E-state index in [1.54, 1.807) is 14.2 Å². The van der Waals surface area contributed by atoms with Gasteiger partial charge in [0.05, 0.1) is 14.2 Å². The molecular formula is C19H29NO4. The molecular weight excluding hydrogens is 306 g/mol. The Kier molecular flexibility index (Phi) is 5.75. The third-order valence-electron chi connectivity index (χ3n) is 4.68. The molecule has 1 atom stereocenters. The first kappa shape index (κ1) is 18.6. The van der Waals surface area contributed by atoms with E-state index in [2.05, 4.69) is 20.8 Å². The van der Waals surface area contributed by atoms with Crippen LogP contribution in [-0.2, 0) is 16.8 Å². The van der Waals surface area contributed by atoms with Crippen LogP contribution in [0.1, 0.15) is 51.2 Å². The molecule has 0 aliphatic carbocycles. The fourth-order valence-corrected chi connectivity index (χ4v) is 3.35. The van der Waals surface area contributed by atoms with Gasteiger partial charge in [-0.05, 0) is 36.9 Å². The van der Waals surface area contributed by atoms with Gasteiger partial charge in [0.15, 0.2) is 0 Å². The monoisotopic (exact) mass is 335 g/mol. The Hall–Kier alpha value is -1.75. The minimum Gasteiger partial charge on any atom is -0.496 e. The van der Waals surface area contributed by atoms with Crippen LogP contribution in [0.4, 0.5) is 0 Å². The summed E-state index contributed by atoms with van der Waals surface area (Å²) in [5.41, 5.74) is 1.99. The van der Waals surface area contributed by atoms with Gasteiger partial charge in [0.1, 0.15) is 17.5 Å². The van der Waals surface area contributed by atoms with Gasteiger partial charge in [0.2, 0.25) is 0 Å². The summed E-state index contributed by atoms with van der Waals surface area (Å²) in [6, 6.07) is 3.60. The lowest BCUT2D eigenvalue weighted by atomic mass is 9.85. The van der Waals surface area contributed by atoms with E-state index in [1.807, 2.05) is 17.0 Å². The third kappa shape index (κ3) is 4.01. The quantitative estimate of drug-likeness (QED) is 0.893.